The number of hydrogen-bond donors (Lipinski definition) is 1. The Hall–Kier alpha value is -4.00. The van der Waals surface area contributed by atoms with Gasteiger partial charge in [0.05, 0.1) is 38.8 Å². The second kappa shape index (κ2) is 9.01. The first-order valence-electron chi connectivity index (χ1n) is 10.2. The zero-order chi connectivity index (χ0) is 22.7. The number of nitrogens with zero attached hydrogens (tertiary/aromatic N) is 2. The van der Waals surface area contributed by atoms with Crippen molar-refractivity contribution in [3.8, 4) is 22.9 Å². The maximum atomic E-state index is 12.7. The summed E-state index contributed by atoms with van der Waals surface area (Å²) in [6, 6.07) is 19.4. The number of anilines is 1. The molecule has 1 N–H and O–H groups in total. The van der Waals surface area contributed by atoms with E-state index in [-0.39, 0.29) is 12.3 Å². The number of aromatic nitrogens is 2. The number of para-hydroxylation sites is 1. The summed E-state index contributed by atoms with van der Waals surface area (Å²) in [5.74, 6) is 2.25. The molecule has 0 unspecified atom stereocenters. The number of ether oxygens (including phenoxy) is 3. The number of fused-ring (bicyclic) bond motifs is 1. The molecule has 0 fully saturated rings. The Labute approximate surface area is 186 Å². The summed E-state index contributed by atoms with van der Waals surface area (Å²) in [4.78, 5) is 17.4. The van der Waals surface area contributed by atoms with E-state index in [0.29, 0.717) is 22.9 Å². The number of aryl methyl sites for hydroxylation is 1. The van der Waals surface area contributed by atoms with Crippen LogP contribution in [0.5, 0.6) is 17.2 Å². The number of methoxy groups -OCH3 is 3. The highest BCUT2D eigenvalue weighted by atomic mass is 16.5. The number of carbonyl (C=O) groups is 1. The third-order valence-corrected chi connectivity index (χ3v) is 5.21. The molecular weight excluding hydrogens is 406 g/mol. The van der Waals surface area contributed by atoms with Crippen LogP contribution in [-0.2, 0) is 11.2 Å². The van der Waals surface area contributed by atoms with Crippen LogP contribution in [0.3, 0.4) is 0 Å². The van der Waals surface area contributed by atoms with Crippen molar-refractivity contribution in [2.45, 2.75) is 13.3 Å². The van der Waals surface area contributed by atoms with Crippen molar-refractivity contribution in [3.05, 3.63) is 72.1 Å². The third kappa shape index (κ3) is 4.09. The predicted octanol–water partition coefficient (Wildman–Crippen LogP) is 4.54. The largest absolute Gasteiger partial charge is 0.493 e. The summed E-state index contributed by atoms with van der Waals surface area (Å²) >= 11 is 0. The van der Waals surface area contributed by atoms with Gasteiger partial charge in [-0.25, -0.2) is 4.98 Å². The van der Waals surface area contributed by atoms with Gasteiger partial charge in [0.1, 0.15) is 5.82 Å². The smallest absolute Gasteiger partial charge is 0.228 e. The molecule has 32 heavy (non-hydrogen) atoms. The van der Waals surface area contributed by atoms with E-state index in [0.717, 1.165) is 28.1 Å². The van der Waals surface area contributed by atoms with Gasteiger partial charge in [0.15, 0.2) is 11.5 Å². The fraction of sp³-hybridized carbons (Fsp3) is 0.200. The van der Waals surface area contributed by atoms with Crippen LogP contribution in [0.2, 0.25) is 0 Å². The molecule has 0 atom stereocenters. The zero-order valence-electron chi connectivity index (χ0n) is 18.5. The lowest BCUT2D eigenvalue weighted by molar-refractivity contribution is -0.115. The van der Waals surface area contributed by atoms with Crippen molar-refractivity contribution in [1.29, 1.82) is 0 Å². The van der Waals surface area contributed by atoms with Crippen LogP contribution in [0.25, 0.3) is 16.7 Å². The number of carbonyl (C=O) groups excluding carboxylic acids is 1. The minimum Gasteiger partial charge on any atom is -0.493 e. The summed E-state index contributed by atoms with van der Waals surface area (Å²) in [6.07, 6.45) is 0.159. The van der Waals surface area contributed by atoms with Crippen LogP contribution in [-0.4, -0.2) is 36.8 Å². The highest BCUT2D eigenvalue weighted by Gasteiger charge is 2.16. The van der Waals surface area contributed by atoms with E-state index in [1.54, 1.807) is 33.5 Å². The Balaban J connectivity index is 1.56. The molecule has 7 heteroatoms. The van der Waals surface area contributed by atoms with Crippen molar-refractivity contribution in [3.63, 3.8) is 0 Å². The number of nitrogens with one attached hydrogen (secondary N) is 1. The molecule has 0 saturated heterocycles. The second-order valence-corrected chi connectivity index (χ2v) is 7.29. The van der Waals surface area contributed by atoms with E-state index in [2.05, 4.69) is 14.9 Å². The van der Waals surface area contributed by atoms with Crippen LogP contribution in [0.4, 0.5) is 5.69 Å². The highest BCUT2D eigenvalue weighted by molar-refractivity contribution is 5.94. The lowest BCUT2D eigenvalue weighted by Crippen LogP contribution is -2.14. The third-order valence-electron chi connectivity index (χ3n) is 5.21. The normalized spacial score (nSPS) is 10.8. The molecule has 0 aliphatic heterocycles. The quantitative estimate of drug-likeness (QED) is 0.465. The van der Waals surface area contributed by atoms with Crippen molar-refractivity contribution in [1.82, 2.24) is 9.55 Å². The predicted molar refractivity (Wildman–Crippen MR) is 124 cm³/mol. The summed E-state index contributed by atoms with van der Waals surface area (Å²) in [6.45, 7) is 1.97. The lowest BCUT2D eigenvalue weighted by Gasteiger charge is -2.14. The Kier molecular flexibility index (Phi) is 5.98. The minimum absolute atomic E-state index is 0.155. The number of benzene rings is 3. The average Bonchev–Trinajstić information content (AvgIpc) is 3.13. The van der Waals surface area contributed by atoms with Gasteiger partial charge in [0.25, 0.3) is 0 Å². The second-order valence-electron chi connectivity index (χ2n) is 7.29. The number of rotatable bonds is 7. The van der Waals surface area contributed by atoms with Crippen LogP contribution >= 0.6 is 0 Å². The van der Waals surface area contributed by atoms with Crippen molar-refractivity contribution in [2.24, 2.45) is 0 Å². The molecule has 0 saturated carbocycles. The van der Waals surface area contributed by atoms with Gasteiger partial charge in [0.2, 0.25) is 11.7 Å². The maximum absolute atomic E-state index is 12.7. The first kappa shape index (κ1) is 21.2. The molecule has 1 aromatic heterocycles. The molecule has 3 aromatic carbocycles. The fourth-order valence-corrected chi connectivity index (χ4v) is 3.81. The molecule has 0 spiro atoms. The van der Waals surface area contributed by atoms with E-state index in [9.17, 15) is 4.79 Å². The van der Waals surface area contributed by atoms with E-state index >= 15 is 0 Å². The summed E-state index contributed by atoms with van der Waals surface area (Å²) in [7, 11) is 4.64. The summed E-state index contributed by atoms with van der Waals surface area (Å²) in [5.41, 5.74) is 4.29. The molecule has 164 valence electrons. The Morgan fingerprint density at radius 2 is 1.62 bits per heavy atom. The molecule has 0 aliphatic carbocycles. The topological polar surface area (TPSA) is 74.6 Å². The zero-order valence-corrected chi connectivity index (χ0v) is 18.5. The Morgan fingerprint density at radius 3 is 2.25 bits per heavy atom. The number of amides is 1. The standard InChI is InChI=1S/C25H25N3O4/c1-16-26-20-15-18(10-11-21(20)28(16)19-8-6-5-7-9-19)27-24(29)14-17-12-22(30-2)25(32-4)23(13-17)31-3/h5-13,15H,14H2,1-4H3,(H,27,29). The first-order valence-corrected chi connectivity index (χ1v) is 10.2. The summed E-state index contributed by atoms with van der Waals surface area (Å²) in [5, 5.41) is 2.95. The van der Waals surface area contributed by atoms with Crippen LogP contribution < -0.4 is 19.5 Å². The molecular formula is C25H25N3O4. The van der Waals surface area contributed by atoms with Crippen molar-refractivity contribution in [2.75, 3.05) is 26.6 Å². The number of imidazole rings is 1. The molecule has 4 aromatic rings. The van der Waals surface area contributed by atoms with Gasteiger partial charge in [0, 0.05) is 11.4 Å². The maximum Gasteiger partial charge on any atom is 0.228 e. The highest BCUT2D eigenvalue weighted by Crippen LogP contribution is 2.38. The van der Waals surface area contributed by atoms with Gasteiger partial charge in [-0.15, -0.1) is 0 Å². The van der Waals surface area contributed by atoms with Gasteiger partial charge in [-0.2, -0.15) is 0 Å². The van der Waals surface area contributed by atoms with Gasteiger partial charge in [-0.1, -0.05) is 18.2 Å². The average molecular weight is 431 g/mol. The van der Waals surface area contributed by atoms with Gasteiger partial charge >= 0.3 is 0 Å². The molecule has 1 heterocycles. The van der Waals surface area contributed by atoms with E-state index in [4.69, 9.17) is 14.2 Å². The van der Waals surface area contributed by atoms with Crippen molar-refractivity contribution >= 4 is 22.6 Å². The fourth-order valence-electron chi connectivity index (χ4n) is 3.81. The Bertz CT molecular complexity index is 1240. The number of hydrogen-bond acceptors (Lipinski definition) is 5. The van der Waals surface area contributed by atoms with E-state index < -0.39 is 0 Å². The molecule has 0 bridgehead atoms. The lowest BCUT2D eigenvalue weighted by atomic mass is 10.1. The summed E-state index contributed by atoms with van der Waals surface area (Å²) < 4.78 is 18.2. The van der Waals surface area contributed by atoms with Crippen molar-refractivity contribution < 1.29 is 19.0 Å². The van der Waals surface area contributed by atoms with Crippen LogP contribution in [0.1, 0.15) is 11.4 Å². The SMILES string of the molecule is COc1cc(CC(=O)Nc2ccc3c(c2)nc(C)n3-c2ccccc2)cc(OC)c1OC. The first-order chi connectivity index (χ1) is 15.5. The Morgan fingerprint density at radius 1 is 0.938 bits per heavy atom. The van der Waals surface area contributed by atoms with E-state index in [1.807, 2.05) is 55.5 Å². The van der Waals surface area contributed by atoms with Gasteiger partial charge in [-0.05, 0) is 55.0 Å². The van der Waals surface area contributed by atoms with Crippen LogP contribution in [0, 0.1) is 6.92 Å². The van der Waals surface area contributed by atoms with Crippen LogP contribution in [0.15, 0.2) is 60.7 Å². The van der Waals surface area contributed by atoms with Gasteiger partial charge in [-0.3, -0.25) is 9.36 Å². The van der Waals surface area contributed by atoms with Gasteiger partial charge < -0.3 is 19.5 Å². The monoisotopic (exact) mass is 431 g/mol. The minimum atomic E-state index is -0.155. The molecule has 1 amide bonds. The molecule has 7 nitrogen and oxygen atoms in total. The molecule has 4 rings (SSSR count). The molecule has 0 aliphatic rings. The molecule has 0 radical (unpaired) electrons. The van der Waals surface area contributed by atoms with E-state index in [1.165, 1.54) is 0 Å².